The molecule has 0 aliphatic carbocycles. The highest BCUT2D eigenvalue weighted by atomic mass is 35.5. The van der Waals surface area contributed by atoms with Crippen LogP contribution in [0.4, 0.5) is 4.79 Å². The molecule has 2 aromatic heterocycles. The number of amides is 2. The van der Waals surface area contributed by atoms with E-state index in [1.807, 2.05) is 32.0 Å². The van der Waals surface area contributed by atoms with E-state index < -0.39 is 0 Å². The zero-order valence-corrected chi connectivity index (χ0v) is 14.3. The van der Waals surface area contributed by atoms with Crippen LogP contribution >= 0.6 is 22.9 Å². The van der Waals surface area contributed by atoms with Gasteiger partial charge in [-0.3, -0.25) is 5.10 Å². The first-order valence-corrected chi connectivity index (χ1v) is 8.29. The number of carbonyl (C=O) groups is 1. The van der Waals surface area contributed by atoms with Crippen LogP contribution in [-0.2, 0) is 13.1 Å². The lowest BCUT2D eigenvalue weighted by Gasteiger charge is -2.05. The maximum atomic E-state index is 11.9. The molecule has 8 heteroatoms. The van der Waals surface area contributed by atoms with Crippen LogP contribution in [-0.4, -0.2) is 21.2 Å². The Hall–Kier alpha value is -2.12. The summed E-state index contributed by atoms with van der Waals surface area (Å²) in [4.78, 5) is 17.1. The number of urea groups is 1. The third-order valence-electron chi connectivity index (χ3n) is 3.46. The first kappa shape index (κ1) is 15.8. The molecule has 120 valence electrons. The van der Waals surface area contributed by atoms with E-state index in [0.29, 0.717) is 12.4 Å². The standard InChI is InChI=1S/C15H16ClN5OS/c1-8-11-5-10(16)3-4-12(11)23-13(8)6-17-15(22)18-7-14-19-9(2)20-21-14/h3-5H,6-7H2,1-2H3,(H2,17,18,22)(H,19,20,21). The van der Waals surface area contributed by atoms with Crippen LogP contribution in [0.2, 0.25) is 5.02 Å². The third kappa shape index (κ3) is 3.62. The second kappa shape index (κ2) is 6.55. The number of H-pyrrole nitrogens is 1. The summed E-state index contributed by atoms with van der Waals surface area (Å²) < 4.78 is 1.17. The Morgan fingerprint density at radius 1 is 1.30 bits per heavy atom. The van der Waals surface area contributed by atoms with E-state index in [-0.39, 0.29) is 12.6 Å². The largest absolute Gasteiger partial charge is 0.333 e. The van der Waals surface area contributed by atoms with E-state index in [4.69, 9.17) is 11.6 Å². The van der Waals surface area contributed by atoms with Crippen LogP contribution in [0.5, 0.6) is 0 Å². The summed E-state index contributed by atoms with van der Waals surface area (Å²) in [6, 6.07) is 5.59. The van der Waals surface area contributed by atoms with Crippen molar-refractivity contribution in [3.05, 3.63) is 45.3 Å². The molecule has 23 heavy (non-hydrogen) atoms. The number of aromatic amines is 1. The van der Waals surface area contributed by atoms with E-state index >= 15 is 0 Å². The van der Waals surface area contributed by atoms with Gasteiger partial charge in [-0.25, -0.2) is 9.78 Å². The number of thiophene rings is 1. The van der Waals surface area contributed by atoms with Gasteiger partial charge in [0.2, 0.25) is 0 Å². The highest BCUT2D eigenvalue weighted by Gasteiger charge is 2.10. The number of hydrogen-bond acceptors (Lipinski definition) is 4. The molecule has 3 N–H and O–H groups in total. The average molecular weight is 350 g/mol. The Morgan fingerprint density at radius 2 is 2.09 bits per heavy atom. The molecule has 1 aromatic carbocycles. The Kier molecular flexibility index (Phi) is 4.49. The molecular formula is C15H16ClN5OS. The number of rotatable bonds is 4. The van der Waals surface area contributed by atoms with Crippen molar-refractivity contribution >= 4 is 39.1 Å². The summed E-state index contributed by atoms with van der Waals surface area (Å²) in [7, 11) is 0. The third-order valence-corrected chi connectivity index (χ3v) is 4.97. The number of carbonyl (C=O) groups excluding carboxylic acids is 1. The van der Waals surface area contributed by atoms with Crippen molar-refractivity contribution in [3.8, 4) is 0 Å². The van der Waals surface area contributed by atoms with Crippen LogP contribution < -0.4 is 10.6 Å². The minimum atomic E-state index is -0.248. The van der Waals surface area contributed by atoms with Crippen molar-refractivity contribution in [2.45, 2.75) is 26.9 Å². The van der Waals surface area contributed by atoms with Gasteiger partial charge in [-0.05, 0) is 43.0 Å². The number of aryl methyl sites for hydroxylation is 2. The summed E-state index contributed by atoms with van der Waals surface area (Å²) in [5, 5.41) is 14.1. The first-order valence-electron chi connectivity index (χ1n) is 7.10. The maximum absolute atomic E-state index is 11.9. The molecule has 0 unspecified atom stereocenters. The summed E-state index contributed by atoms with van der Waals surface area (Å²) in [5.41, 5.74) is 1.15. The van der Waals surface area contributed by atoms with Crippen molar-refractivity contribution in [2.75, 3.05) is 0 Å². The lowest BCUT2D eigenvalue weighted by molar-refractivity contribution is 0.240. The van der Waals surface area contributed by atoms with Crippen LogP contribution in [0.3, 0.4) is 0 Å². The lowest BCUT2D eigenvalue weighted by atomic mass is 10.1. The van der Waals surface area contributed by atoms with Crippen LogP contribution in [0.25, 0.3) is 10.1 Å². The van der Waals surface area contributed by atoms with Crippen molar-refractivity contribution < 1.29 is 4.79 Å². The SMILES string of the molecule is Cc1nc(CNC(=O)NCc2sc3ccc(Cl)cc3c2C)n[nH]1. The van der Waals surface area contributed by atoms with Gasteiger partial charge in [0, 0.05) is 14.6 Å². The van der Waals surface area contributed by atoms with Crippen molar-refractivity contribution in [1.29, 1.82) is 0 Å². The molecule has 2 heterocycles. The molecule has 0 radical (unpaired) electrons. The Bertz CT molecular complexity index is 857. The predicted molar refractivity (Wildman–Crippen MR) is 91.8 cm³/mol. The van der Waals surface area contributed by atoms with Crippen LogP contribution in [0, 0.1) is 13.8 Å². The van der Waals surface area contributed by atoms with Crippen molar-refractivity contribution in [3.63, 3.8) is 0 Å². The quantitative estimate of drug-likeness (QED) is 0.676. The number of nitrogens with one attached hydrogen (secondary N) is 3. The fourth-order valence-electron chi connectivity index (χ4n) is 2.26. The van der Waals surface area contributed by atoms with Gasteiger partial charge < -0.3 is 10.6 Å². The maximum Gasteiger partial charge on any atom is 0.315 e. The molecular weight excluding hydrogens is 334 g/mol. The molecule has 0 spiro atoms. The summed E-state index contributed by atoms with van der Waals surface area (Å²) in [5.74, 6) is 1.28. The Morgan fingerprint density at radius 3 is 2.83 bits per heavy atom. The highest BCUT2D eigenvalue weighted by Crippen LogP contribution is 2.32. The van der Waals surface area contributed by atoms with Crippen molar-refractivity contribution in [2.24, 2.45) is 0 Å². The zero-order valence-electron chi connectivity index (χ0n) is 12.7. The minimum Gasteiger partial charge on any atom is -0.333 e. The summed E-state index contributed by atoms with van der Waals surface area (Å²) in [6.45, 7) is 4.62. The number of aromatic nitrogens is 3. The first-order chi connectivity index (χ1) is 11.0. The molecule has 0 bridgehead atoms. The van der Waals surface area contributed by atoms with E-state index in [2.05, 4.69) is 25.8 Å². The molecule has 0 atom stereocenters. The molecule has 0 fully saturated rings. The van der Waals surface area contributed by atoms with Gasteiger partial charge in [-0.2, -0.15) is 5.10 Å². The molecule has 6 nitrogen and oxygen atoms in total. The second-order valence-electron chi connectivity index (χ2n) is 5.16. The van der Waals surface area contributed by atoms with E-state index in [1.165, 1.54) is 4.70 Å². The molecule has 2 amide bonds. The summed E-state index contributed by atoms with van der Waals surface area (Å²) in [6.07, 6.45) is 0. The van der Waals surface area contributed by atoms with Gasteiger partial charge >= 0.3 is 6.03 Å². The number of fused-ring (bicyclic) bond motifs is 1. The number of hydrogen-bond donors (Lipinski definition) is 3. The van der Waals surface area contributed by atoms with Gasteiger partial charge in [0.15, 0.2) is 5.82 Å². The van der Waals surface area contributed by atoms with E-state index in [1.54, 1.807) is 11.3 Å². The Balaban J connectivity index is 1.59. The fraction of sp³-hybridized carbons (Fsp3) is 0.267. The van der Waals surface area contributed by atoms with Crippen molar-refractivity contribution in [1.82, 2.24) is 25.8 Å². The molecule has 0 saturated carbocycles. The summed E-state index contributed by atoms with van der Waals surface area (Å²) >= 11 is 7.70. The van der Waals surface area contributed by atoms with Crippen LogP contribution in [0.1, 0.15) is 22.1 Å². The number of nitrogens with zero attached hydrogens (tertiary/aromatic N) is 2. The fourth-order valence-corrected chi connectivity index (χ4v) is 3.57. The van der Waals surface area contributed by atoms with Gasteiger partial charge in [-0.15, -0.1) is 11.3 Å². The minimum absolute atomic E-state index is 0.248. The smallest absolute Gasteiger partial charge is 0.315 e. The number of halogens is 1. The molecule has 0 aliphatic rings. The lowest BCUT2D eigenvalue weighted by Crippen LogP contribution is -2.34. The average Bonchev–Trinajstić information content (AvgIpc) is 3.07. The van der Waals surface area contributed by atoms with E-state index in [9.17, 15) is 4.79 Å². The number of benzene rings is 1. The molecule has 0 aliphatic heterocycles. The monoisotopic (exact) mass is 349 g/mol. The zero-order chi connectivity index (χ0) is 16.4. The predicted octanol–water partition coefficient (Wildman–Crippen LogP) is 3.29. The normalized spacial score (nSPS) is 10.9. The van der Waals surface area contributed by atoms with Gasteiger partial charge in [0.1, 0.15) is 5.82 Å². The Labute approximate surface area is 142 Å². The van der Waals surface area contributed by atoms with Gasteiger partial charge in [-0.1, -0.05) is 11.6 Å². The topological polar surface area (TPSA) is 82.7 Å². The second-order valence-corrected chi connectivity index (χ2v) is 6.74. The van der Waals surface area contributed by atoms with Gasteiger partial charge in [0.25, 0.3) is 0 Å². The highest BCUT2D eigenvalue weighted by molar-refractivity contribution is 7.19. The molecule has 0 saturated heterocycles. The van der Waals surface area contributed by atoms with Crippen LogP contribution in [0.15, 0.2) is 18.2 Å². The molecule has 3 rings (SSSR count). The van der Waals surface area contributed by atoms with Gasteiger partial charge in [0.05, 0.1) is 13.1 Å². The molecule has 3 aromatic rings. The van der Waals surface area contributed by atoms with E-state index in [0.717, 1.165) is 26.7 Å².